The van der Waals surface area contributed by atoms with Gasteiger partial charge in [-0.2, -0.15) is 0 Å². The van der Waals surface area contributed by atoms with Crippen LogP contribution in [0.15, 0.2) is 12.1 Å². The van der Waals surface area contributed by atoms with Gasteiger partial charge in [-0.15, -0.1) is 0 Å². The van der Waals surface area contributed by atoms with Crippen LogP contribution < -0.4 is 4.74 Å². The Labute approximate surface area is 142 Å². The molecular weight excluding hydrogens is 306 g/mol. The minimum absolute atomic E-state index is 0.0398. The van der Waals surface area contributed by atoms with Crippen molar-refractivity contribution in [3.05, 3.63) is 28.8 Å². The molecule has 2 unspecified atom stereocenters. The average molecular weight is 331 g/mol. The Morgan fingerprint density at radius 1 is 1.25 bits per heavy atom. The monoisotopic (exact) mass is 331 g/mol. The summed E-state index contributed by atoms with van der Waals surface area (Å²) in [5, 5.41) is 8.94. The van der Waals surface area contributed by atoms with Gasteiger partial charge in [0, 0.05) is 24.6 Å². The number of benzene rings is 1. The molecule has 130 valence electrons. The van der Waals surface area contributed by atoms with E-state index in [1.165, 1.54) is 5.56 Å². The molecule has 1 aromatic rings. The van der Waals surface area contributed by atoms with Crippen molar-refractivity contribution in [3.8, 4) is 5.75 Å². The Morgan fingerprint density at radius 3 is 2.75 bits per heavy atom. The first-order valence-corrected chi connectivity index (χ1v) is 8.73. The quantitative estimate of drug-likeness (QED) is 0.921. The summed E-state index contributed by atoms with van der Waals surface area (Å²) in [7, 11) is 0. The molecule has 5 heteroatoms. The number of aliphatic carboxylic acids is 1. The number of nitrogens with zero attached hydrogens (tertiary/aromatic N) is 1. The molecule has 0 aromatic heterocycles. The number of piperidine rings is 1. The van der Waals surface area contributed by atoms with Gasteiger partial charge in [-0.05, 0) is 56.7 Å². The van der Waals surface area contributed by atoms with E-state index in [1.807, 2.05) is 24.8 Å². The van der Waals surface area contributed by atoms with Crippen LogP contribution in [0.1, 0.15) is 54.7 Å². The maximum atomic E-state index is 13.1. The maximum absolute atomic E-state index is 13.1. The largest absolute Gasteiger partial charge is 0.492 e. The van der Waals surface area contributed by atoms with Crippen LogP contribution in [0.2, 0.25) is 0 Å². The molecule has 0 radical (unpaired) electrons. The van der Waals surface area contributed by atoms with Gasteiger partial charge in [0.05, 0.1) is 0 Å². The summed E-state index contributed by atoms with van der Waals surface area (Å²) in [5.41, 5.74) is 3.31. The van der Waals surface area contributed by atoms with E-state index in [-0.39, 0.29) is 24.3 Å². The molecule has 2 aliphatic rings. The van der Waals surface area contributed by atoms with Crippen molar-refractivity contribution >= 4 is 11.9 Å². The number of fused-ring (bicyclic) bond motifs is 1. The summed E-state index contributed by atoms with van der Waals surface area (Å²) in [6.45, 7) is 5.20. The number of carboxylic acid groups (broad SMARTS) is 1. The number of amides is 1. The molecule has 1 fully saturated rings. The molecule has 1 saturated heterocycles. The lowest BCUT2D eigenvalue weighted by molar-refractivity contribution is -0.140. The number of hydrogen-bond acceptors (Lipinski definition) is 3. The van der Waals surface area contributed by atoms with Crippen molar-refractivity contribution in [1.29, 1.82) is 0 Å². The molecule has 2 aliphatic heterocycles. The molecule has 1 aromatic carbocycles. The predicted octanol–water partition coefficient (Wildman–Crippen LogP) is 3.03. The van der Waals surface area contributed by atoms with Crippen molar-refractivity contribution in [3.63, 3.8) is 0 Å². The fraction of sp³-hybridized carbons (Fsp3) is 0.579. The number of likely N-dealkylation sites (tertiary alicyclic amines) is 1. The molecule has 24 heavy (non-hydrogen) atoms. The van der Waals surface area contributed by atoms with E-state index in [0.717, 1.165) is 42.7 Å². The fourth-order valence-electron chi connectivity index (χ4n) is 3.76. The first-order chi connectivity index (χ1) is 11.5. The number of ether oxygens (including phenoxy) is 1. The summed E-state index contributed by atoms with van der Waals surface area (Å²) < 4.78 is 5.75. The predicted molar refractivity (Wildman–Crippen MR) is 90.4 cm³/mol. The number of aryl methyl sites for hydroxylation is 2. The van der Waals surface area contributed by atoms with Gasteiger partial charge in [0.2, 0.25) is 5.91 Å². The smallest absolute Gasteiger partial charge is 0.303 e. The van der Waals surface area contributed by atoms with Gasteiger partial charge >= 0.3 is 5.97 Å². The van der Waals surface area contributed by atoms with Crippen molar-refractivity contribution in [1.82, 2.24) is 4.90 Å². The fourth-order valence-corrected chi connectivity index (χ4v) is 3.76. The summed E-state index contributed by atoms with van der Waals surface area (Å²) in [6, 6.07) is 4.12. The summed E-state index contributed by atoms with van der Waals surface area (Å²) in [4.78, 5) is 25.9. The van der Waals surface area contributed by atoms with Crippen LogP contribution in [0, 0.1) is 13.8 Å². The summed E-state index contributed by atoms with van der Waals surface area (Å²) in [5.74, 6) is -0.152. The SMILES string of the molecule is Cc1cc2c(cc1C)C(C(=O)N1CCCCC1CCC(=O)O)CO2. The van der Waals surface area contributed by atoms with Crippen LogP contribution in [0.3, 0.4) is 0 Å². The summed E-state index contributed by atoms with van der Waals surface area (Å²) in [6.07, 6.45) is 3.60. The van der Waals surface area contributed by atoms with E-state index < -0.39 is 5.97 Å². The first-order valence-electron chi connectivity index (χ1n) is 8.73. The van der Waals surface area contributed by atoms with Crippen molar-refractivity contribution < 1.29 is 19.4 Å². The molecule has 3 rings (SSSR count). The molecule has 5 nitrogen and oxygen atoms in total. The van der Waals surface area contributed by atoms with E-state index >= 15 is 0 Å². The van der Waals surface area contributed by atoms with Gasteiger partial charge in [-0.3, -0.25) is 9.59 Å². The molecule has 2 atom stereocenters. The van der Waals surface area contributed by atoms with Crippen LogP contribution in [0.5, 0.6) is 5.75 Å². The second-order valence-corrected chi connectivity index (χ2v) is 6.95. The molecule has 0 bridgehead atoms. The van der Waals surface area contributed by atoms with E-state index in [1.54, 1.807) is 0 Å². The van der Waals surface area contributed by atoms with Crippen LogP contribution in [-0.2, 0) is 9.59 Å². The minimum atomic E-state index is -0.798. The molecule has 1 amide bonds. The summed E-state index contributed by atoms with van der Waals surface area (Å²) >= 11 is 0. The van der Waals surface area contributed by atoms with Crippen molar-refractivity contribution in [2.45, 2.75) is 57.9 Å². The Morgan fingerprint density at radius 2 is 2.00 bits per heavy atom. The topological polar surface area (TPSA) is 66.8 Å². The van der Waals surface area contributed by atoms with E-state index in [4.69, 9.17) is 9.84 Å². The first kappa shape index (κ1) is 16.8. The third-order valence-corrected chi connectivity index (χ3v) is 5.31. The second-order valence-electron chi connectivity index (χ2n) is 6.95. The van der Waals surface area contributed by atoms with E-state index in [9.17, 15) is 9.59 Å². The van der Waals surface area contributed by atoms with Crippen LogP contribution in [0.4, 0.5) is 0 Å². The highest BCUT2D eigenvalue weighted by Gasteiger charge is 2.37. The standard InChI is InChI=1S/C19H25NO4/c1-12-9-15-16(11-24-17(15)10-13(12)2)19(23)20-8-4-3-5-14(20)6-7-18(21)22/h9-10,14,16H,3-8,11H2,1-2H3,(H,21,22). The number of carbonyl (C=O) groups excluding carboxylic acids is 1. The number of hydrogen-bond donors (Lipinski definition) is 1. The minimum Gasteiger partial charge on any atom is -0.492 e. The lowest BCUT2D eigenvalue weighted by Crippen LogP contribution is -2.46. The normalized spacial score (nSPS) is 22.8. The lowest BCUT2D eigenvalue weighted by Gasteiger charge is -2.37. The van der Waals surface area contributed by atoms with Crippen molar-refractivity contribution in [2.24, 2.45) is 0 Å². The Balaban J connectivity index is 1.79. The zero-order chi connectivity index (χ0) is 17.3. The van der Waals surface area contributed by atoms with Crippen molar-refractivity contribution in [2.75, 3.05) is 13.2 Å². The average Bonchev–Trinajstić information content (AvgIpc) is 2.95. The van der Waals surface area contributed by atoms with E-state index in [0.29, 0.717) is 13.0 Å². The zero-order valence-corrected chi connectivity index (χ0v) is 14.4. The van der Waals surface area contributed by atoms with Gasteiger partial charge < -0.3 is 14.7 Å². The Hall–Kier alpha value is -2.04. The van der Waals surface area contributed by atoms with Crippen LogP contribution in [-0.4, -0.2) is 41.1 Å². The Bertz CT molecular complexity index is 655. The Kier molecular flexibility index (Phi) is 4.78. The highest BCUT2D eigenvalue weighted by Crippen LogP contribution is 2.38. The molecule has 0 aliphatic carbocycles. The third kappa shape index (κ3) is 3.25. The maximum Gasteiger partial charge on any atom is 0.303 e. The van der Waals surface area contributed by atoms with E-state index in [2.05, 4.69) is 6.07 Å². The zero-order valence-electron chi connectivity index (χ0n) is 14.4. The molecular formula is C19H25NO4. The van der Waals surface area contributed by atoms with Crippen LogP contribution in [0.25, 0.3) is 0 Å². The number of rotatable bonds is 4. The molecule has 2 heterocycles. The number of carbonyl (C=O) groups is 2. The van der Waals surface area contributed by atoms with Gasteiger partial charge in [0.25, 0.3) is 0 Å². The van der Waals surface area contributed by atoms with Gasteiger partial charge in [-0.25, -0.2) is 0 Å². The molecule has 0 saturated carbocycles. The molecule has 0 spiro atoms. The second kappa shape index (κ2) is 6.83. The molecule has 1 N–H and O–H groups in total. The third-order valence-electron chi connectivity index (χ3n) is 5.31. The van der Waals surface area contributed by atoms with Gasteiger partial charge in [0.1, 0.15) is 18.3 Å². The van der Waals surface area contributed by atoms with Gasteiger partial charge in [0.15, 0.2) is 0 Å². The highest BCUT2D eigenvalue weighted by atomic mass is 16.5. The van der Waals surface area contributed by atoms with Crippen LogP contribution >= 0.6 is 0 Å². The van der Waals surface area contributed by atoms with Gasteiger partial charge in [-0.1, -0.05) is 6.07 Å². The number of carboxylic acids is 1. The highest BCUT2D eigenvalue weighted by molar-refractivity contribution is 5.86. The lowest BCUT2D eigenvalue weighted by atomic mass is 9.92.